The van der Waals surface area contributed by atoms with Crippen LogP contribution in [0.15, 0.2) is 36.4 Å². The molecule has 0 spiro atoms. The van der Waals surface area contributed by atoms with Gasteiger partial charge in [0.15, 0.2) is 11.6 Å². The van der Waals surface area contributed by atoms with Crippen LogP contribution >= 0.6 is 0 Å². The number of carbonyl (C=O) groups excluding carboxylic acids is 1. The lowest BCUT2D eigenvalue weighted by Gasteiger charge is -2.32. The predicted octanol–water partition coefficient (Wildman–Crippen LogP) is 3.73. The number of hydrogen-bond acceptors (Lipinski definition) is 4. The minimum atomic E-state index is -1.13. The number of nitrogens with zero attached hydrogens (tertiary/aromatic N) is 1. The summed E-state index contributed by atoms with van der Waals surface area (Å²) in [5, 5.41) is 8.78. The van der Waals surface area contributed by atoms with Gasteiger partial charge in [-0.2, -0.15) is 0 Å². The fraction of sp³-hybridized carbons (Fsp3) is 0.364. The number of amides is 1. The van der Waals surface area contributed by atoms with Crippen molar-refractivity contribution >= 4 is 11.9 Å². The highest BCUT2D eigenvalue weighted by Gasteiger charge is 2.25. The second kappa shape index (κ2) is 9.56. The summed E-state index contributed by atoms with van der Waals surface area (Å²) in [5.41, 5.74) is 1.09. The summed E-state index contributed by atoms with van der Waals surface area (Å²) in [6.45, 7) is 1.42. The lowest BCUT2D eigenvalue weighted by Crippen LogP contribution is -2.42. The van der Waals surface area contributed by atoms with E-state index in [1.54, 1.807) is 29.2 Å². The van der Waals surface area contributed by atoms with Gasteiger partial charge in [0.05, 0.1) is 13.7 Å². The molecule has 2 aromatic rings. The molecule has 0 bridgehead atoms. The van der Waals surface area contributed by atoms with E-state index in [1.165, 1.54) is 7.11 Å². The van der Waals surface area contributed by atoms with E-state index in [9.17, 15) is 18.4 Å². The second-order valence-corrected chi connectivity index (χ2v) is 7.22. The summed E-state index contributed by atoms with van der Waals surface area (Å²) >= 11 is 0. The maximum absolute atomic E-state index is 13.6. The molecule has 30 heavy (non-hydrogen) atoms. The largest absolute Gasteiger partial charge is 0.496 e. The molecule has 0 radical (unpaired) electrons. The SMILES string of the molecule is COc1cc(F)c(F)cc1-c1ccc(OCC2CCCN(C(=O)CC(=O)O)C2)cc1. The maximum atomic E-state index is 13.6. The highest BCUT2D eigenvalue weighted by atomic mass is 19.2. The zero-order chi connectivity index (χ0) is 21.7. The van der Waals surface area contributed by atoms with Crippen molar-refractivity contribution in [2.45, 2.75) is 19.3 Å². The van der Waals surface area contributed by atoms with E-state index < -0.39 is 24.0 Å². The molecule has 1 aliphatic rings. The first-order chi connectivity index (χ1) is 14.4. The molecule has 0 aliphatic carbocycles. The Hall–Kier alpha value is -3.16. The number of piperidine rings is 1. The fourth-order valence-electron chi connectivity index (χ4n) is 3.54. The molecule has 1 fully saturated rings. The van der Waals surface area contributed by atoms with Crippen molar-refractivity contribution in [3.8, 4) is 22.6 Å². The molecule has 0 saturated carbocycles. The Balaban J connectivity index is 1.61. The smallest absolute Gasteiger partial charge is 0.312 e. The third-order valence-corrected chi connectivity index (χ3v) is 5.07. The Morgan fingerprint density at radius 3 is 2.53 bits per heavy atom. The van der Waals surface area contributed by atoms with Gasteiger partial charge in [0.25, 0.3) is 0 Å². The van der Waals surface area contributed by atoms with Crippen LogP contribution in [-0.4, -0.2) is 48.7 Å². The molecule has 1 amide bonds. The van der Waals surface area contributed by atoms with Crippen LogP contribution < -0.4 is 9.47 Å². The number of rotatable bonds is 7. The maximum Gasteiger partial charge on any atom is 0.312 e. The third-order valence-electron chi connectivity index (χ3n) is 5.07. The van der Waals surface area contributed by atoms with Crippen molar-refractivity contribution < 1.29 is 33.0 Å². The first-order valence-electron chi connectivity index (χ1n) is 9.63. The van der Waals surface area contributed by atoms with Crippen molar-refractivity contribution in [1.29, 1.82) is 0 Å². The van der Waals surface area contributed by atoms with Crippen molar-refractivity contribution in [3.63, 3.8) is 0 Å². The molecule has 1 atom stereocenters. The quantitative estimate of drug-likeness (QED) is 0.692. The van der Waals surface area contributed by atoms with Crippen molar-refractivity contribution in [2.75, 3.05) is 26.8 Å². The van der Waals surface area contributed by atoms with Crippen LogP contribution in [-0.2, 0) is 9.59 Å². The number of aliphatic carboxylic acids is 1. The Labute approximate surface area is 173 Å². The first-order valence-corrected chi connectivity index (χ1v) is 9.63. The van der Waals surface area contributed by atoms with E-state index in [2.05, 4.69) is 0 Å². The lowest BCUT2D eigenvalue weighted by atomic mass is 9.98. The third kappa shape index (κ3) is 5.25. The van der Waals surface area contributed by atoms with Crippen LogP contribution in [0, 0.1) is 17.6 Å². The molecule has 0 aromatic heterocycles. The van der Waals surface area contributed by atoms with Gasteiger partial charge in [0.1, 0.15) is 17.9 Å². The molecule has 1 heterocycles. The Bertz CT molecular complexity index is 916. The van der Waals surface area contributed by atoms with Crippen LogP contribution in [0.5, 0.6) is 11.5 Å². The highest BCUT2D eigenvalue weighted by molar-refractivity contribution is 5.93. The summed E-state index contributed by atoms with van der Waals surface area (Å²) < 4.78 is 38.0. The summed E-state index contributed by atoms with van der Waals surface area (Å²) in [6, 6.07) is 9.02. The minimum Gasteiger partial charge on any atom is -0.496 e. The molecule has 2 aromatic carbocycles. The number of carboxylic acid groups (broad SMARTS) is 1. The van der Waals surface area contributed by atoms with E-state index in [1.807, 2.05) is 0 Å². The number of carboxylic acids is 1. The Morgan fingerprint density at radius 2 is 1.87 bits per heavy atom. The average Bonchev–Trinajstić information content (AvgIpc) is 2.74. The van der Waals surface area contributed by atoms with E-state index in [0.717, 1.165) is 25.0 Å². The number of benzene rings is 2. The molecule has 1 aliphatic heterocycles. The molecule has 1 saturated heterocycles. The van der Waals surface area contributed by atoms with Crippen LogP contribution in [0.3, 0.4) is 0 Å². The molecular weight excluding hydrogens is 396 g/mol. The summed E-state index contributed by atoms with van der Waals surface area (Å²) in [4.78, 5) is 24.2. The number of halogens is 2. The lowest BCUT2D eigenvalue weighted by molar-refractivity contribution is -0.145. The fourth-order valence-corrected chi connectivity index (χ4v) is 3.54. The van der Waals surface area contributed by atoms with E-state index in [-0.39, 0.29) is 17.6 Å². The van der Waals surface area contributed by atoms with Gasteiger partial charge in [0, 0.05) is 30.6 Å². The zero-order valence-electron chi connectivity index (χ0n) is 16.6. The van der Waals surface area contributed by atoms with E-state index in [0.29, 0.717) is 36.6 Å². The minimum absolute atomic E-state index is 0.113. The van der Waals surface area contributed by atoms with Gasteiger partial charge in [-0.3, -0.25) is 9.59 Å². The van der Waals surface area contributed by atoms with Crippen molar-refractivity contribution in [3.05, 3.63) is 48.0 Å². The van der Waals surface area contributed by atoms with E-state index in [4.69, 9.17) is 14.6 Å². The highest BCUT2D eigenvalue weighted by Crippen LogP contribution is 2.33. The average molecular weight is 419 g/mol. The zero-order valence-corrected chi connectivity index (χ0v) is 16.6. The van der Waals surface area contributed by atoms with Crippen LogP contribution in [0.25, 0.3) is 11.1 Å². The van der Waals surface area contributed by atoms with Gasteiger partial charge in [-0.05, 0) is 36.6 Å². The number of likely N-dealkylation sites (tertiary alicyclic amines) is 1. The monoisotopic (exact) mass is 419 g/mol. The number of methoxy groups -OCH3 is 1. The molecule has 6 nitrogen and oxygen atoms in total. The Morgan fingerprint density at radius 1 is 1.17 bits per heavy atom. The molecular formula is C22H23F2NO5. The topological polar surface area (TPSA) is 76.1 Å². The van der Waals surface area contributed by atoms with E-state index >= 15 is 0 Å². The standard InChI is InChI=1S/C22H23F2NO5/c1-29-20-10-19(24)18(23)9-17(20)15-4-6-16(7-5-15)30-13-14-3-2-8-25(12-14)21(26)11-22(27)28/h4-7,9-10,14H,2-3,8,11-13H2,1H3,(H,27,28). The van der Waals surface area contributed by atoms with Crippen LogP contribution in [0.2, 0.25) is 0 Å². The molecule has 3 rings (SSSR count). The normalized spacial score (nSPS) is 16.2. The summed E-state index contributed by atoms with van der Waals surface area (Å²) in [7, 11) is 1.39. The number of ether oxygens (including phenoxy) is 2. The van der Waals surface area contributed by atoms with Gasteiger partial charge in [-0.1, -0.05) is 12.1 Å². The number of hydrogen-bond donors (Lipinski definition) is 1. The van der Waals surface area contributed by atoms with Gasteiger partial charge in [-0.25, -0.2) is 8.78 Å². The molecule has 1 N–H and O–H groups in total. The van der Waals surface area contributed by atoms with Gasteiger partial charge < -0.3 is 19.5 Å². The second-order valence-electron chi connectivity index (χ2n) is 7.22. The summed E-state index contributed by atoms with van der Waals surface area (Å²) in [5.74, 6) is -2.48. The molecule has 160 valence electrons. The predicted molar refractivity (Wildman–Crippen MR) is 105 cm³/mol. The van der Waals surface area contributed by atoms with Crippen LogP contribution in [0.1, 0.15) is 19.3 Å². The van der Waals surface area contributed by atoms with Gasteiger partial charge >= 0.3 is 5.97 Å². The molecule has 8 heteroatoms. The molecule has 1 unspecified atom stereocenters. The van der Waals surface area contributed by atoms with Gasteiger partial charge in [0.2, 0.25) is 5.91 Å². The number of carbonyl (C=O) groups is 2. The van der Waals surface area contributed by atoms with Gasteiger partial charge in [-0.15, -0.1) is 0 Å². The van der Waals surface area contributed by atoms with Crippen molar-refractivity contribution in [2.24, 2.45) is 5.92 Å². The summed E-state index contributed by atoms with van der Waals surface area (Å²) in [6.07, 6.45) is 1.19. The van der Waals surface area contributed by atoms with Crippen molar-refractivity contribution in [1.82, 2.24) is 4.90 Å². The Kier molecular flexibility index (Phi) is 6.87. The van der Waals surface area contributed by atoms with Crippen LogP contribution in [0.4, 0.5) is 8.78 Å². The first kappa shape index (κ1) is 21.5.